The predicted octanol–water partition coefficient (Wildman–Crippen LogP) is 2.64. The van der Waals surface area contributed by atoms with Crippen LogP contribution in [0.2, 0.25) is 0 Å². The summed E-state index contributed by atoms with van der Waals surface area (Å²) >= 11 is 0. The second kappa shape index (κ2) is 7.13. The van der Waals surface area contributed by atoms with Crippen molar-refractivity contribution in [1.82, 2.24) is 5.32 Å². The van der Waals surface area contributed by atoms with Gasteiger partial charge in [-0.05, 0) is 24.3 Å². The molecular formula is C17H22N2O3. The van der Waals surface area contributed by atoms with Crippen molar-refractivity contribution in [2.45, 2.75) is 20.4 Å². The maximum atomic E-state index is 12.3. The van der Waals surface area contributed by atoms with Crippen molar-refractivity contribution in [3.63, 3.8) is 0 Å². The van der Waals surface area contributed by atoms with Gasteiger partial charge in [0.1, 0.15) is 5.76 Å². The molecule has 0 saturated heterocycles. The average molecular weight is 302 g/mol. The lowest BCUT2D eigenvalue weighted by molar-refractivity contribution is 0.0912. The minimum atomic E-state index is -0.341. The zero-order chi connectivity index (χ0) is 16.0. The van der Waals surface area contributed by atoms with Crippen LogP contribution in [0, 0.1) is 5.41 Å². The van der Waals surface area contributed by atoms with E-state index in [2.05, 4.69) is 10.6 Å². The first kappa shape index (κ1) is 16.1. The second-order valence-corrected chi connectivity index (χ2v) is 5.98. The normalized spacial score (nSPS) is 11.2. The molecule has 0 saturated carbocycles. The van der Waals surface area contributed by atoms with Gasteiger partial charge in [0, 0.05) is 24.3 Å². The lowest BCUT2D eigenvalue weighted by Crippen LogP contribution is -2.36. The Hall–Kier alpha value is -2.27. The molecule has 0 unspecified atom stereocenters. The molecule has 2 aromatic rings. The molecule has 1 aromatic carbocycles. The quantitative estimate of drug-likeness (QED) is 0.735. The summed E-state index contributed by atoms with van der Waals surface area (Å²) in [7, 11) is 0. The Morgan fingerprint density at radius 1 is 1.23 bits per heavy atom. The van der Waals surface area contributed by atoms with Crippen LogP contribution in [0.1, 0.15) is 30.0 Å². The summed E-state index contributed by atoms with van der Waals surface area (Å²) in [5, 5.41) is 15.3. The molecule has 22 heavy (non-hydrogen) atoms. The fraction of sp³-hybridized carbons (Fsp3) is 0.353. The highest BCUT2D eigenvalue weighted by molar-refractivity contribution is 5.99. The lowest BCUT2D eigenvalue weighted by Gasteiger charge is -2.22. The van der Waals surface area contributed by atoms with Crippen LogP contribution in [0.25, 0.3) is 0 Å². The van der Waals surface area contributed by atoms with Crippen molar-refractivity contribution < 1.29 is 14.3 Å². The fourth-order valence-corrected chi connectivity index (χ4v) is 1.90. The van der Waals surface area contributed by atoms with Crippen LogP contribution >= 0.6 is 0 Å². The largest absolute Gasteiger partial charge is 0.467 e. The van der Waals surface area contributed by atoms with Crippen molar-refractivity contribution in [1.29, 1.82) is 0 Å². The number of hydrogen-bond donors (Lipinski definition) is 3. The molecule has 0 fully saturated rings. The van der Waals surface area contributed by atoms with Gasteiger partial charge >= 0.3 is 0 Å². The molecule has 0 atom stereocenters. The van der Waals surface area contributed by atoms with E-state index < -0.39 is 0 Å². The molecule has 0 aliphatic heterocycles. The number of aliphatic hydroxyl groups is 1. The van der Waals surface area contributed by atoms with Crippen molar-refractivity contribution in [2.24, 2.45) is 5.41 Å². The molecule has 1 aromatic heterocycles. The fourth-order valence-electron chi connectivity index (χ4n) is 1.90. The van der Waals surface area contributed by atoms with E-state index in [1.54, 1.807) is 12.3 Å². The zero-order valence-corrected chi connectivity index (χ0v) is 12.9. The third-order valence-electron chi connectivity index (χ3n) is 3.36. The van der Waals surface area contributed by atoms with Gasteiger partial charge < -0.3 is 20.2 Å². The van der Waals surface area contributed by atoms with Crippen LogP contribution in [0.5, 0.6) is 0 Å². The average Bonchev–Trinajstić information content (AvgIpc) is 3.04. The number of furan rings is 1. The summed E-state index contributed by atoms with van der Waals surface area (Å²) in [5.41, 5.74) is 0.979. The Labute approximate surface area is 130 Å². The van der Waals surface area contributed by atoms with Gasteiger partial charge in [0.05, 0.1) is 18.4 Å². The number of rotatable bonds is 7. The molecule has 0 bridgehead atoms. The number of aliphatic hydroxyl groups excluding tert-OH is 1. The number of anilines is 1. The van der Waals surface area contributed by atoms with Gasteiger partial charge in [-0.25, -0.2) is 0 Å². The van der Waals surface area contributed by atoms with Gasteiger partial charge in [-0.15, -0.1) is 0 Å². The SMILES string of the molecule is CC(C)(CO)CNC(=O)c1ccccc1NCc1ccco1. The number of carbonyl (C=O) groups excluding carboxylic acids is 1. The zero-order valence-electron chi connectivity index (χ0n) is 12.9. The lowest BCUT2D eigenvalue weighted by atomic mass is 9.95. The van der Waals surface area contributed by atoms with Gasteiger partial charge in [0.2, 0.25) is 0 Å². The Kier molecular flexibility index (Phi) is 5.22. The number of hydrogen-bond acceptors (Lipinski definition) is 4. The predicted molar refractivity (Wildman–Crippen MR) is 85.7 cm³/mol. The highest BCUT2D eigenvalue weighted by Crippen LogP contribution is 2.17. The Morgan fingerprint density at radius 2 is 2.00 bits per heavy atom. The molecule has 5 heteroatoms. The van der Waals surface area contributed by atoms with E-state index in [0.717, 1.165) is 11.4 Å². The number of benzene rings is 1. The molecule has 1 amide bonds. The summed E-state index contributed by atoms with van der Waals surface area (Å²) in [6.45, 7) is 4.74. The van der Waals surface area contributed by atoms with Crippen LogP contribution in [-0.4, -0.2) is 24.2 Å². The number of para-hydroxylation sites is 1. The number of nitrogens with one attached hydrogen (secondary N) is 2. The van der Waals surface area contributed by atoms with Gasteiger partial charge in [-0.1, -0.05) is 26.0 Å². The second-order valence-electron chi connectivity index (χ2n) is 5.98. The van der Waals surface area contributed by atoms with Crippen LogP contribution in [0.3, 0.4) is 0 Å². The van der Waals surface area contributed by atoms with E-state index in [0.29, 0.717) is 18.7 Å². The van der Waals surface area contributed by atoms with Crippen LogP contribution in [-0.2, 0) is 6.54 Å². The first-order valence-corrected chi connectivity index (χ1v) is 7.26. The summed E-state index contributed by atoms with van der Waals surface area (Å²) in [6.07, 6.45) is 1.62. The monoisotopic (exact) mass is 302 g/mol. The van der Waals surface area contributed by atoms with Gasteiger partial charge in [0.15, 0.2) is 0 Å². The van der Waals surface area contributed by atoms with E-state index in [4.69, 9.17) is 4.42 Å². The van der Waals surface area contributed by atoms with Crippen LogP contribution < -0.4 is 10.6 Å². The maximum absolute atomic E-state index is 12.3. The van der Waals surface area contributed by atoms with E-state index in [-0.39, 0.29) is 17.9 Å². The molecule has 3 N–H and O–H groups in total. The highest BCUT2D eigenvalue weighted by Gasteiger charge is 2.19. The highest BCUT2D eigenvalue weighted by atomic mass is 16.3. The van der Waals surface area contributed by atoms with E-state index in [9.17, 15) is 9.90 Å². The molecule has 1 heterocycles. The molecule has 0 aliphatic carbocycles. The van der Waals surface area contributed by atoms with E-state index >= 15 is 0 Å². The summed E-state index contributed by atoms with van der Waals surface area (Å²) in [4.78, 5) is 12.3. The third kappa shape index (κ3) is 4.36. The van der Waals surface area contributed by atoms with Crippen LogP contribution in [0.4, 0.5) is 5.69 Å². The smallest absolute Gasteiger partial charge is 0.253 e. The topological polar surface area (TPSA) is 74.5 Å². The maximum Gasteiger partial charge on any atom is 0.253 e. The van der Waals surface area contributed by atoms with Crippen molar-refractivity contribution in [3.8, 4) is 0 Å². The van der Waals surface area contributed by atoms with Crippen molar-refractivity contribution >= 4 is 11.6 Å². The summed E-state index contributed by atoms with van der Waals surface area (Å²) in [6, 6.07) is 11.0. The van der Waals surface area contributed by atoms with E-state index in [1.807, 2.05) is 44.2 Å². The number of carbonyl (C=O) groups is 1. The standard InChI is InChI=1S/C17H22N2O3/c1-17(2,12-20)11-19-16(21)14-7-3-4-8-15(14)18-10-13-6-5-9-22-13/h3-9,18,20H,10-12H2,1-2H3,(H,19,21). The summed E-state index contributed by atoms with van der Waals surface area (Å²) < 4.78 is 5.27. The molecular weight excluding hydrogens is 280 g/mol. The van der Waals surface area contributed by atoms with Crippen molar-refractivity contribution in [3.05, 3.63) is 54.0 Å². The van der Waals surface area contributed by atoms with Crippen molar-refractivity contribution in [2.75, 3.05) is 18.5 Å². The van der Waals surface area contributed by atoms with Gasteiger partial charge in [-0.2, -0.15) is 0 Å². The van der Waals surface area contributed by atoms with Crippen LogP contribution in [0.15, 0.2) is 47.1 Å². The summed E-state index contributed by atoms with van der Waals surface area (Å²) in [5.74, 6) is 0.640. The molecule has 0 spiro atoms. The molecule has 2 rings (SSSR count). The van der Waals surface area contributed by atoms with Gasteiger partial charge in [0.25, 0.3) is 5.91 Å². The number of amides is 1. The minimum Gasteiger partial charge on any atom is -0.467 e. The molecule has 0 aliphatic rings. The Morgan fingerprint density at radius 3 is 2.68 bits per heavy atom. The molecule has 5 nitrogen and oxygen atoms in total. The molecule has 118 valence electrons. The molecule has 0 radical (unpaired) electrons. The minimum absolute atomic E-state index is 0.0195. The van der Waals surface area contributed by atoms with E-state index in [1.165, 1.54) is 0 Å². The Balaban J connectivity index is 2.02. The first-order chi connectivity index (χ1) is 10.5. The first-order valence-electron chi connectivity index (χ1n) is 7.26. The van der Waals surface area contributed by atoms with Gasteiger partial charge in [-0.3, -0.25) is 4.79 Å². The third-order valence-corrected chi connectivity index (χ3v) is 3.36. The Bertz CT molecular complexity index is 606.